The van der Waals surface area contributed by atoms with E-state index >= 15 is 0 Å². The van der Waals surface area contributed by atoms with E-state index in [-0.39, 0.29) is 18.2 Å². The first kappa shape index (κ1) is 19.8. The molecule has 2 rings (SSSR count). The Morgan fingerprint density at radius 2 is 2.00 bits per heavy atom. The predicted octanol–water partition coefficient (Wildman–Crippen LogP) is 4.20. The average molecular weight is 349 g/mol. The van der Waals surface area contributed by atoms with Gasteiger partial charge in [-0.3, -0.25) is 0 Å². The van der Waals surface area contributed by atoms with Gasteiger partial charge in [0.2, 0.25) is 0 Å². The molecule has 0 bridgehead atoms. The van der Waals surface area contributed by atoms with Gasteiger partial charge in [0.05, 0.1) is 25.9 Å². The zero-order chi connectivity index (χ0) is 18.1. The lowest BCUT2D eigenvalue weighted by molar-refractivity contribution is -0.291. The van der Waals surface area contributed by atoms with Gasteiger partial charge in [-0.05, 0) is 38.7 Å². The van der Waals surface area contributed by atoms with Crippen LogP contribution in [0.25, 0.3) is 0 Å². The number of methoxy groups -OCH3 is 1. The third kappa shape index (κ3) is 7.46. The van der Waals surface area contributed by atoms with Crippen molar-refractivity contribution in [1.29, 1.82) is 0 Å². The Labute approximate surface area is 150 Å². The number of ether oxygens (including phenoxy) is 4. The van der Waals surface area contributed by atoms with Crippen molar-refractivity contribution in [3.05, 3.63) is 47.9 Å². The Kier molecular flexibility index (Phi) is 7.75. The first-order valence-electron chi connectivity index (χ1n) is 8.88. The van der Waals surface area contributed by atoms with E-state index < -0.39 is 5.79 Å². The molecule has 0 aromatic heterocycles. The van der Waals surface area contributed by atoms with Gasteiger partial charge in [0.1, 0.15) is 0 Å². The fraction of sp³-hybridized carbons (Fsp3) is 0.600. The molecule has 1 radical (unpaired) electrons. The van der Waals surface area contributed by atoms with E-state index in [1.165, 1.54) is 18.7 Å². The summed E-state index contributed by atoms with van der Waals surface area (Å²) >= 11 is 0. The summed E-state index contributed by atoms with van der Waals surface area (Å²) in [6.45, 7) is 5.14. The highest BCUT2D eigenvalue weighted by molar-refractivity contribution is 5.13. The molecule has 1 fully saturated rings. The fourth-order valence-corrected chi connectivity index (χ4v) is 2.99. The summed E-state index contributed by atoms with van der Waals surface area (Å²) in [7, 11) is 1.37. The third-order valence-corrected chi connectivity index (χ3v) is 4.08. The highest BCUT2D eigenvalue weighted by Crippen LogP contribution is 2.30. The Bertz CT molecular complexity index is 526. The van der Waals surface area contributed by atoms with Crippen LogP contribution in [0.2, 0.25) is 0 Å². The number of benzene rings is 1. The van der Waals surface area contributed by atoms with Crippen molar-refractivity contribution in [2.75, 3.05) is 13.7 Å². The Morgan fingerprint density at radius 1 is 1.24 bits per heavy atom. The topological polar surface area (TPSA) is 56.8 Å². The molecule has 0 amide bonds. The number of unbranched alkanes of at least 4 members (excludes halogenated alkanes) is 1. The van der Waals surface area contributed by atoms with Crippen LogP contribution in [0.4, 0.5) is 0 Å². The minimum atomic E-state index is -0.693. The highest BCUT2D eigenvalue weighted by atomic mass is 16.7. The molecule has 0 N–H and O–H groups in total. The van der Waals surface area contributed by atoms with Gasteiger partial charge in [0, 0.05) is 19.1 Å². The van der Waals surface area contributed by atoms with E-state index in [1.54, 1.807) is 0 Å². The standard InChI is InChI=1S/C20H29O5/c1-20(2)24-17(13-18(25-20)14-19(21)22-3)11-7-8-12-23-15-16-9-5-4-6-10-16/h4-6,9-10,14,17-18H,7-8,11-13,15H2,1-3H3/t17-,18-/m1/s1. The Balaban J connectivity index is 1.67. The summed E-state index contributed by atoms with van der Waals surface area (Å²) in [5, 5.41) is 11.4. The maximum atomic E-state index is 11.4. The maximum Gasteiger partial charge on any atom is 0.329 e. The summed E-state index contributed by atoms with van der Waals surface area (Å²) in [6.07, 6.45) is 4.88. The third-order valence-electron chi connectivity index (χ3n) is 4.08. The van der Waals surface area contributed by atoms with Crippen LogP contribution in [0, 0.1) is 0 Å². The van der Waals surface area contributed by atoms with Crippen LogP contribution in [-0.4, -0.2) is 31.7 Å². The lowest BCUT2D eigenvalue weighted by Crippen LogP contribution is -2.44. The van der Waals surface area contributed by atoms with Crippen LogP contribution in [0.15, 0.2) is 42.4 Å². The minimum Gasteiger partial charge on any atom is -0.466 e. The molecule has 1 aliphatic heterocycles. The van der Waals surface area contributed by atoms with Gasteiger partial charge < -0.3 is 18.9 Å². The van der Waals surface area contributed by atoms with Gasteiger partial charge in [-0.15, -0.1) is 0 Å². The van der Waals surface area contributed by atoms with Crippen LogP contribution in [-0.2, 0) is 30.7 Å². The molecule has 1 saturated heterocycles. The van der Waals surface area contributed by atoms with E-state index in [9.17, 15) is 5.11 Å². The van der Waals surface area contributed by atoms with Crippen molar-refractivity contribution in [3.63, 3.8) is 0 Å². The zero-order valence-electron chi connectivity index (χ0n) is 15.4. The molecule has 2 atom stereocenters. The first-order chi connectivity index (χ1) is 12.0. The summed E-state index contributed by atoms with van der Waals surface area (Å²) in [6, 6.07) is 10.2. The van der Waals surface area contributed by atoms with Gasteiger partial charge >= 0.3 is 5.95 Å². The predicted molar refractivity (Wildman–Crippen MR) is 94.2 cm³/mol. The van der Waals surface area contributed by atoms with Crippen LogP contribution < -0.4 is 0 Å². The molecule has 0 unspecified atom stereocenters. The Morgan fingerprint density at radius 3 is 2.72 bits per heavy atom. The van der Waals surface area contributed by atoms with Gasteiger partial charge in [0.25, 0.3) is 0 Å². The minimum absolute atomic E-state index is 0.0729. The van der Waals surface area contributed by atoms with Crippen LogP contribution in [0.5, 0.6) is 0 Å². The van der Waals surface area contributed by atoms with Crippen LogP contribution in [0.1, 0.15) is 45.1 Å². The smallest absolute Gasteiger partial charge is 0.329 e. The lowest BCUT2D eigenvalue weighted by Gasteiger charge is -2.39. The average Bonchev–Trinajstić information content (AvgIpc) is 2.57. The molecule has 139 valence electrons. The first-order valence-corrected chi connectivity index (χ1v) is 8.88. The monoisotopic (exact) mass is 349 g/mol. The molecular weight excluding hydrogens is 320 g/mol. The van der Waals surface area contributed by atoms with Gasteiger partial charge in [-0.2, -0.15) is 0 Å². The lowest BCUT2D eigenvalue weighted by atomic mass is 10.0. The number of hydrogen-bond donors (Lipinski definition) is 0. The van der Waals surface area contributed by atoms with E-state index in [1.807, 2.05) is 32.0 Å². The second-order valence-electron chi connectivity index (χ2n) is 6.76. The van der Waals surface area contributed by atoms with Gasteiger partial charge in [0.15, 0.2) is 5.79 Å². The van der Waals surface area contributed by atoms with E-state index in [4.69, 9.17) is 14.2 Å². The molecule has 1 aromatic rings. The second-order valence-corrected chi connectivity index (χ2v) is 6.76. The molecule has 5 heteroatoms. The molecular formula is C20H29O5. The summed E-state index contributed by atoms with van der Waals surface area (Å²) < 4.78 is 22.1. The SMILES string of the molecule is COC([O])=C[C@H]1C[C@@H](CCCCOCc2ccccc2)OC(C)(C)O1. The highest BCUT2D eigenvalue weighted by Gasteiger charge is 2.34. The quantitative estimate of drug-likeness (QED) is 0.495. The summed E-state index contributed by atoms with van der Waals surface area (Å²) in [5.74, 6) is -1.06. The van der Waals surface area contributed by atoms with Crippen molar-refractivity contribution in [3.8, 4) is 0 Å². The van der Waals surface area contributed by atoms with E-state index in [2.05, 4.69) is 16.9 Å². The second kappa shape index (κ2) is 9.80. The number of rotatable bonds is 9. The Hall–Kier alpha value is -1.56. The molecule has 1 aromatic carbocycles. The summed E-state index contributed by atoms with van der Waals surface area (Å²) in [5.41, 5.74) is 1.19. The molecule has 0 aliphatic carbocycles. The zero-order valence-corrected chi connectivity index (χ0v) is 15.4. The molecule has 0 saturated carbocycles. The van der Waals surface area contributed by atoms with Gasteiger partial charge in [-0.1, -0.05) is 30.3 Å². The number of hydrogen-bond acceptors (Lipinski definition) is 4. The van der Waals surface area contributed by atoms with Crippen molar-refractivity contribution in [2.24, 2.45) is 0 Å². The van der Waals surface area contributed by atoms with Crippen molar-refractivity contribution in [1.82, 2.24) is 0 Å². The molecule has 1 aliphatic rings. The van der Waals surface area contributed by atoms with E-state index in [0.717, 1.165) is 25.9 Å². The van der Waals surface area contributed by atoms with Crippen LogP contribution >= 0.6 is 0 Å². The van der Waals surface area contributed by atoms with Crippen LogP contribution in [0.3, 0.4) is 0 Å². The molecule has 0 spiro atoms. The largest absolute Gasteiger partial charge is 0.466 e. The van der Waals surface area contributed by atoms with Crippen molar-refractivity contribution >= 4 is 0 Å². The fourth-order valence-electron chi connectivity index (χ4n) is 2.99. The molecule has 5 nitrogen and oxygen atoms in total. The maximum absolute atomic E-state index is 11.4. The summed E-state index contributed by atoms with van der Waals surface area (Å²) in [4.78, 5) is 0. The van der Waals surface area contributed by atoms with Gasteiger partial charge in [-0.25, -0.2) is 5.11 Å². The van der Waals surface area contributed by atoms with E-state index in [0.29, 0.717) is 13.0 Å². The normalized spacial score (nSPS) is 23.4. The molecule has 25 heavy (non-hydrogen) atoms. The molecule has 1 heterocycles. The van der Waals surface area contributed by atoms with Crippen molar-refractivity contribution in [2.45, 2.75) is 64.1 Å². The van der Waals surface area contributed by atoms with Crippen molar-refractivity contribution < 1.29 is 24.1 Å².